The minimum absolute atomic E-state index is 0.177. The molecule has 7 heteroatoms. The Morgan fingerprint density at radius 3 is 2.46 bits per heavy atom. The largest absolute Gasteiger partial charge is 0.366 e. The Kier molecular flexibility index (Phi) is 4.02. The molecule has 1 aliphatic heterocycles. The summed E-state index contributed by atoms with van der Waals surface area (Å²) in [5, 5.41) is 0. The lowest BCUT2D eigenvalue weighted by Crippen LogP contribution is -2.47. The third-order valence-corrected chi connectivity index (χ3v) is 4.64. The molecule has 0 unspecified atom stereocenters. The maximum Gasteiger partial charge on any atom is 0.158 e. The summed E-state index contributed by atoms with van der Waals surface area (Å²) >= 11 is 3.40. The first-order chi connectivity index (χ1) is 11.7. The van der Waals surface area contributed by atoms with E-state index in [0.29, 0.717) is 5.69 Å². The van der Waals surface area contributed by atoms with Gasteiger partial charge in [0.2, 0.25) is 0 Å². The lowest BCUT2D eigenvalue weighted by atomic mass is 10.2. The predicted octanol–water partition coefficient (Wildman–Crippen LogP) is 3.25. The highest BCUT2D eigenvalue weighted by atomic mass is 79.9. The number of fused-ring (bicyclic) bond motifs is 1. The van der Waals surface area contributed by atoms with Crippen LogP contribution in [0.15, 0.2) is 47.3 Å². The summed E-state index contributed by atoms with van der Waals surface area (Å²) in [7, 11) is 0. The lowest BCUT2D eigenvalue weighted by molar-refractivity contribution is 0.596. The molecular weight excluding hydrogens is 373 g/mol. The number of pyridine rings is 1. The van der Waals surface area contributed by atoms with Crippen LogP contribution in [0, 0.1) is 5.82 Å². The van der Waals surface area contributed by atoms with Gasteiger partial charge < -0.3 is 9.80 Å². The number of hydrogen-bond donors (Lipinski definition) is 0. The van der Waals surface area contributed by atoms with Crippen LogP contribution in [0.3, 0.4) is 0 Å². The monoisotopic (exact) mass is 387 g/mol. The number of halogens is 2. The highest BCUT2D eigenvalue weighted by Gasteiger charge is 2.22. The fraction of sp³-hybridized carbons (Fsp3) is 0.235. The Hall–Kier alpha value is -2.28. The first kappa shape index (κ1) is 15.3. The first-order valence-electron chi connectivity index (χ1n) is 7.74. The summed E-state index contributed by atoms with van der Waals surface area (Å²) in [4.78, 5) is 17.5. The minimum atomic E-state index is -0.177. The van der Waals surface area contributed by atoms with E-state index in [2.05, 4.69) is 40.7 Å². The third-order valence-electron chi connectivity index (χ3n) is 4.20. The van der Waals surface area contributed by atoms with E-state index in [1.54, 1.807) is 12.4 Å². The molecule has 4 rings (SSSR count). The van der Waals surface area contributed by atoms with Gasteiger partial charge in [-0.3, -0.25) is 0 Å². The van der Waals surface area contributed by atoms with Gasteiger partial charge >= 0.3 is 0 Å². The van der Waals surface area contributed by atoms with Crippen molar-refractivity contribution in [2.45, 2.75) is 0 Å². The van der Waals surface area contributed by atoms with Crippen LogP contribution in [0.4, 0.5) is 15.9 Å². The molecule has 5 nitrogen and oxygen atoms in total. The smallest absolute Gasteiger partial charge is 0.158 e. The zero-order chi connectivity index (χ0) is 16.5. The number of para-hydroxylation sites is 1. The van der Waals surface area contributed by atoms with Gasteiger partial charge in [0.05, 0.1) is 11.2 Å². The average Bonchev–Trinajstić information content (AvgIpc) is 2.62. The van der Waals surface area contributed by atoms with Gasteiger partial charge in [0.15, 0.2) is 5.82 Å². The number of hydrogen-bond acceptors (Lipinski definition) is 5. The lowest BCUT2D eigenvalue weighted by Gasteiger charge is -2.36. The molecule has 0 spiro atoms. The predicted molar refractivity (Wildman–Crippen MR) is 95.9 cm³/mol. The third kappa shape index (κ3) is 2.80. The van der Waals surface area contributed by atoms with Crippen LogP contribution in [0.1, 0.15) is 0 Å². The van der Waals surface area contributed by atoms with Crippen molar-refractivity contribution in [1.29, 1.82) is 0 Å². The molecule has 0 amide bonds. The standard InChI is InChI=1S/C17H15BrFN5/c18-15-6-5-13-16(22-15)17(21-11-20-13)24-9-7-23(8-10-24)14-4-2-1-3-12(14)19/h1-6,11H,7-10H2. The van der Waals surface area contributed by atoms with E-state index in [4.69, 9.17) is 0 Å². The number of piperazine rings is 1. The molecule has 0 saturated carbocycles. The van der Waals surface area contributed by atoms with Gasteiger partial charge in [-0.15, -0.1) is 0 Å². The molecule has 0 bridgehead atoms. The number of benzene rings is 1. The van der Waals surface area contributed by atoms with Crippen molar-refractivity contribution >= 4 is 38.5 Å². The highest BCUT2D eigenvalue weighted by molar-refractivity contribution is 9.10. The van der Waals surface area contributed by atoms with Crippen LogP contribution in [0.5, 0.6) is 0 Å². The van der Waals surface area contributed by atoms with Crippen LogP contribution < -0.4 is 9.80 Å². The summed E-state index contributed by atoms with van der Waals surface area (Å²) in [5.74, 6) is 0.651. The normalized spacial score (nSPS) is 15.1. The Bertz CT molecular complexity index is 880. The molecular formula is C17H15BrFN5. The Morgan fingerprint density at radius 2 is 1.67 bits per heavy atom. The second kappa shape index (κ2) is 6.32. The molecule has 24 heavy (non-hydrogen) atoms. The van der Waals surface area contributed by atoms with Crippen molar-refractivity contribution in [2.75, 3.05) is 36.0 Å². The summed E-state index contributed by atoms with van der Waals surface area (Å²) in [6.45, 7) is 2.99. The maximum atomic E-state index is 14.0. The summed E-state index contributed by atoms with van der Waals surface area (Å²) < 4.78 is 14.7. The van der Waals surface area contributed by atoms with E-state index in [0.717, 1.165) is 47.6 Å². The molecule has 1 aliphatic rings. The molecule has 3 aromatic rings. The fourth-order valence-electron chi connectivity index (χ4n) is 3.00. The summed E-state index contributed by atoms with van der Waals surface area (Å²) in [6.07, 6.45) is 1.57. The van der Waals surface area contributed by atoms with E-state index < -0.39 is 0 Å². The highest BCUT2D eigenvalue weighted by Crippen LogP contribution is 2.26. The van der Waals surface area contributed by atoms with Gasteiger partial charge in [-0.25, -0.2) is 19.3 Å². The first-order valence-corrected chi connectivity index (χ1v) is 8.53. The summed E-state index contributed by atoms with van der Waals surface area (Å²) in [5.41, 5.74) is 2.26. The number of aromatic nitrogens is 3. The van der Waals surface area contributed by atoms with Crippen LogP contribution in [0.25, 0.3) is 11.0 Å². The Morgan fingerprint density at radius 1 is 0.917 bits per heavy atom. The van der Waals surface area contributed by atoms with Crippen LogP contribution in [-0.2, 0) is 0 Å². The number of nitrogens with zero attached hydrogens (tertiary/aromatic N) is 5. The second-order valence-electron chi connectivity index (χ2n) is 5.62. The van der Waals surface area contributed by atoms with Crippen molar-refractivity contribution in [3.05, 3.63) is 53.1 Å². The maximum absolute atomic E-state index is 14.0. The van der Waals surface area contributed by atoms with Crippen LogP contribution in [-0.4, -0.2) is 41.1 Å². The van der Waals surface area contributed by atoms with Gasteiger partial charge in [0, 0.05) is 26.2 Å². The van der Waals surface area contributed by atoms with Crippen LogP contribution in [0.2, 0.25) is 0 Å². The minimum Gasteiger partial charge on any atom is -0.366 e. The van der Waals surface area contributed by atoms with E-state index in [9.17, 15) is 4.39 Å². The molecule has 3 heterocycles. The van der Waals surface area contributed by atoms with E-state index in [1.807, 2.05) is 24.3 Å². The molecule has 1 aromatic carbocycles. The molecule has 0 aliphatic carbocycles. The molecule has 0 N–H and O–H groups in total. The van der Waals surface area contributed by atoms with Crippen molar-refractivity contribution < 1.29 is 4.39 Å². The van der Waals surface area contributed by atoms with Crippen molar-refractivity contribution in [3.63, 3.8) is 0 Å². The quantitative estimate of drug-likeness (QED) is 0.631. The van der Waals surface area contributed by atoms with Gasteiger partial charge in [-0.2, -0.15) is 0 Å². The molecule has 0 atom stereocenters. The summed E-state index contributed by atoms with van der Waals surface area (Å²) in [6, 6.07) is 10.7. The zero-order valence-electron chi connectivity index (χ0n) is 12.9. The topological polar surface area (TPSA) is 45.2 Å². The zero-order valence-corrected chi connectivity index (χ0v) is 14.4. The van der Waals surface area contributed by atoms with Gasteiger partial charge in [0.25, 0.3) is 0 Å². The number of rotatable bonds is 2. The molecule has 1 fully saturated rings. The molecule has 122 valence electrons. The number of anilines is 2. The van der Waals surface area contributed by atoms with E-state index >= 15 is 0 Å². The Labute approximate surface area is 147 Å². The molecule has 0 radical (unpaired) electrons. The molecule has 1 saturated heterocycles. The molecule has 2 aromatic heterocycles. The fourth-order valence-corrected chi connectivity index (χ4v) is 3.31. The van der Waals surface area contributed by atoms with E-state index in [1.165, 1.54) is 6.07 Å². The van der Waals surface area contributed by atoms with Crippen LogP contribution >= 0.6 is 15.9 Å². The van der Waals surface area contributed by atoms with Crippen molar-refractivity contribution in [3.8, 4) is 0 Å². The van der Waals surface area contributed by atoms with Gasteiger partial charge in [0.1, 0.15) is 22.3 Å². The van der Waals surface area contributed by atoms with Gasteiger partial charge in [-0.1, -0.05) is 12.1 Å². The van der Waals surface area contributed by atoms with Crippen molar-refractivity contribution in [2.24, 2.45) is 0 Å². The van der Waals surface area contributed by atoms with E-state index in [-0.39, 0.29) is 5.82 Å². The Balaban J connectivity index is 1.58. The van der Waals surface area contributed by atoms with Gasteiger partial charge in [-0.05, 0) is 40.2 Å². The second-order valence-corrected chi connectivity index (χ2v) is 6.44. The average molecular weight is 388 g/mol. The SMILES string of the molecule is Fc1ccccc1N1CCN(c2ncnc3ccc(Br)nc23)CC1. The van der Waals surface area contributed by atoms with Crippen molar-refractivity contribution in [1.82, 2.24) is 15.0 Å².